The molecule has 0 atom stereocenters. The van der Waals surface area contributed by atoms with Crippen molar-refractivity contribution in [2.24, 2.45) is 0 Å². The number of methoxy groups -OCH3 is 2. The van der Waals surface area contributed by atoms with Gasteiger partial charge in [0.15, 0.2) is 11.5 Å². The summed E-state index contributed by atoms with van der Waals surface area (Å²) in [6.07, 6.45) is 0.906. The van der Waals surface area contributed by atoms with E-state index < -0.39 is 0 Å². The van der Waals surface area contributed by atoms with E-state index in [1.807, 2.05) is 36.4 Å². The number of hydrogen-bond acceptors (Lipinski definition) is 4. The number of benzene rings is 3. The second-order valence-electron chi connectivity index (χ2n) is 6.78. The van der Waals surface area contributed by atoms with Crippen LogP contribution in [0.1, 0.15) is 16.7 Å². The van der Waals surface area contributed by atoms with Gasteiger partial charge in [0.25, 0.3) is 0 Å². The molecule has 0 heterocycles. The first kappa shape index (κ1) is 25.2. The molecule has 1 N–H and O–H groups in total. The molecule has 0 fully saturated rings. The van der Waals surface area contributed by atoms with Gasteiger partial charge in [-0.25, -0.2) is 0 Å². The zero-order valence-electron chi connectivity index (χ0n) is 17.5. The number of ether oxygens (including phenoxy) is 3. The molecule has 0 aromatic heterocycles. The van der Waals surface area contributed by atoms with E-state index in [0.29, 0.717) is 16.7 Å². The third-order valence-electron chi connectivity index (χ3n) is 4.70. The molecule has 3 aromatic carbocycles. The normalized spacial score (nSPS) is 10.3. The number of hydrogen-bond donors (Lipinski definition) is 1. The lowest BCUT2D eigenvalue weighted by molar-refractivity contribution is 0.306. The van der Waals surface area contributed by atoms with Crippen LogP contribution >= 0.6 is 35.6 Å². The van der Waals surface area contributed by atoms with Crippen molar-refractivity contribution >= 4 is 35.6 Å². The van der Waals surface area contributed by atoms with E-state index in [1.54, 1.807) is 20.3 Å². The minimum Gasteiger partial charge on any atom is -0.493 e. The lowest BCUT2D eigenvalue weighted by atomic mass is 10.1. The largest absolute Gasteiger partial charge is 0.493 e. The van der Waals surface area contributed by atoms with Gasteiger partial charge in [-0.2, -0.15) is 0 Å². The Morgan fingerprint density at radius 3 is 2.19 bits per heavy atom. The first-order valence-electron chi connectivity index (χ1n) is 9.66. The van der Waals surface area contributed by atoms with Crippen molar-refractivity contribution < 1.29 is 14.2 Å². The predicted octanol–water partition coefficient (Wildman–Crippen LogP) is 6.34. The van der Waals surface area contributed by atoms with Crippen LogP contribution in [0.2, 0.25) is 10.0 Å². The Labute approximate surface area is 199 Å². The van der Waals surface area contributed by atoms with Crippen LogP contribution in [-0.2, 0) is 19.6 Å². The topological polar surface area (TPSA) is 39.7 Å². The third kappa shape index (κ3) is 7.51. The molecule has 7 heteroatoms. The fourth-order valence-corrected chi connectivity index (χ4v) is 3.47. The fourth-order valence-electron chi connectivity index (χ4n) is 3.00. The van der Waals surface area contributed by atoms with Crippen LogP contribution in [0.15, 0.2) is 60.7 Å². The summed E-state index contributed by atoms with van der Waals surface area (Å²) in [6, 6.07) is 19.5. The zero-order valence-corrected chi connectivity index (χ0v) is 19.8. The van der Waals surface area contributed by atoms with Crippen LogP contribution in [0.25, 0.3) is 0 Å². The number of rotatable bonds is 10. The fraction of sp³-hybridized carbons (Fsp3) is 0.250. The van der Waals surface area contributed by atoms with Gasteiger partial charge < -0.3 is 19.5 Å². The molecule has 0 aliphatic heterocycles. The van der Waals surface area contributed by atoms with Gasteiger partial charge in [-0.3, -0.25) is 0 Å². The summed E-state index contributed by atoms with van der Waals surface area (Å²) < 4.78 is 16.4. The Bertz CT molecular complexity index is 965. The standard InChI is InChI=1S/C24H25Cl2NO3.ClH/c1-28-23-10-5-17(13-24(23)29-2)11-12-27-15-18-3-8-21(9-4-18)30-16-19-6-7-20(25)14-22(19)26;/h3-10,13-14,27H,11-12,15-16H2,1-2H3;1H. The third-order valence-corrected chi connectivity index (χ3v) is 5.29. The van der Waals surface area contributed by atoms with Crippen molar-refractivity contribution in [3.8, 4) is 17.2 Å². The molecule has 0 saturated heterocycles. The average Bonchev–Trinajstić information content (AvgIpc) is 2.76. The molecular formula is C24H26Cl3NO3. The van der Waals surface area contributed by atoms with E-state index in [1.165, 1.54) is 11.1 Å². The molecule has 0 saturated carbocycles. The van der Waals surface area contributed by atoms with Gasteiger partial charge in [-0.15, -0.1) is 12.4 Å². The Hall–Kier alpha value is -2.11. The Kier molecular flexibility index (Phi) is 10.3. The Balaban J connectivity index is 0.00000341. The molecule has 0 amide bonds. The van der Waals surface area contributed by atoms with Crippen molar-refractivity contribution in [3.63, 3.8) is 0 Å². The molecule has 0 unspecified atom stereocenters. The lowest BCUT2D eigenvalue weighted by Gasteiger charge is -2.11. The average molecular weight is 483 g/mol. The van der Waals surface area contributed by atoms with Gasteiger partial charge in [0.2, 0.25) is 0 Å². The zero-order chi connectivity index (χ0) is 21.3. The van der Waals surface area contributed by atoms with Crippen molar-refractivity contribution in [2.45, 2.75) is 19.6 Å². The summed E-state index contributed by atoms with van der Waals surface area (Å²) in [5, 5.41) is 4.69. The van der Waals surface area contributed by atoms with E-state index in [4.69, 9.17) is 37.4 Å². The summed E-state index contributed by atoms with van der Waals surface area (Å²) in [7, 11) is 3.29. The smallest absolute Gasteiger partial charge is 0.160 e. The molecule has 4 nitrogen and oxygen atoms in total. The Morgan fingerprint density at radius 2 is 1.52 bits per heavy atom. The SMILES string of the molecule is COc1ccc(CCNCc2ccc(OCc3ccc(Cl)cc3Cl)cc2)cc1OC.Cl. The van der Waals surface area contributed by atoms with Gasteiger partial charge in [0, 0.05) is 22.2 Å². The maximum atomic E-state index is 6.18. The van der Waals surface area contributed by atoms with E-state index >= 15 is 0 Å². The minimum atomic E-state index is 0. The molecular weight excluding hydrogens is 457 g/mol. The summed E-state index contributed by atoms with van der Waals surface area (Å²) in [5.41, 5.74) is 3.30. The van der Waals surface area contributed by atoms with Crippen LogP contribution in [-0.4, -0.2) is 20.8 Å². The quantitative estimate of drug-likeness (QED) is 0.342. The summed E-state index contributed by atoms with van der Waals surface area (Å²) >= 11 is 12.1. The highest BCUT2D eigenvalue weighted by molar-refractivity contribution is 6.35. The predicted molar refractivity (Wildman–Crippen MR) is 129 cm³/mol. The number of halogens is 3. The van der Waals surface area contributed by atoms with E-state index in [-0.39, 0.29) is 12.4 Å². The second-order valence-corrected chi connectivity index (χ2v) is 7.63. The van der Waals surface area contributed by atoms with E-state index in [9.17, 15) is 0 Å². The van der Waals surface area contributed by atoms with Gasteiger partial charge in [-0.1, -0.05) is 47.5 Å². The van der Waals surface area contributed by atoms with Crippen LogP contribution in [0, 0.1) is 0 Å². The molecule has 3 aromatic rings. The first-order chi connectivity index (χ1) is 14.6. The monoisotopic (exact) mass is 481 g/mol. The van der Waals surface area contributed by atoms with Crippen LogP contribution in [0.3, 0.4) is 0 Å². The van der Waals surface area contributed by atoms with E-state index in [2.05, 4.69) is 23.5 Å². The highest BCUT2D eigenvalue weighted by atomic mass is 35.5. The lowest BCUT2D eigenvalue weighted by Crippen LogP contribution is -2.16. The minimum absolute atomic E-state index is 0. The highest BCUT2D eigenvalue weighted by Gasteiger charge is 2.05. The highest BCUT2D eigenvalue weighted by Crippen LogP contribution is 2.27. The van der Waals surface area contributed by atoms with Crippen molar-refractivity contribution in [1.82, 2.24) is 5.32 Å². The van der Waals surface area contributed by atoms with Crippen molar-refractivity contribution in [3.05, 3.63) is 87.4 Å². The maximum absolute atomic E-state index is 6.18. The van der Waals surface area contributed by atoms with Crippen LogP contribution in [0.5, 0.6) is 17.2 Å². The summed E-state index contributed by atoms with van der Waals surface area (Å²) in [5.74, 6) is 2.30. The molecule has 0 aliphatic rings. The maximum Gasteiger partial charge on any atom is 0.160 e. The molecule has 0 spiro atoms. The van der Waals surface area contributed by atoms with Crippen molar-refractivity contribution in [2.75, 3.05) is 20.8 Å². The first-order valence-corrected chi connectivity index (χ1v) is 10.4. The summed E-state index contributed by atoms with van der Waals surface area (Å²) in [6.45, 7) is 2.05. The molecule has 31 heavy (non-hydrogen) atoms. The van der Waals surface area contributed by atoms with Gasteiger partial charge >= 0.3 is 0 Å². The van der Waals surface area contributed by atoms with Crippen LogP contribution < -0.4 is 19.5 Å². The van der Waals surface area contributed by atoms with Gasteiger partial charge in [0.1, 0.15) is 12.4 Å². The van der Waals surface area contributed by atoms with Gasteiger partial charge in [-0.05, 0) is 60.5 Å². The molecule has 3 rings (SSSR count). The Morgan fingerprint density at radius 1 is 0.806 bits per heavy atom. The van der Waals surface area contributed by atoms with E-state index in [0.717, 1.165) is 42.3 Å². The molecule has 166 valence electrons. The van der Waals surface area contributed by atoms with Crippen molar-refractivity contribution in [1.29, 1.82) is 0 Å². The van der Waals surface area contributed by atoms with Crippen LogP contribution in [0.4, 0.5) is 0 Å². The second kappa shape index (κ2) is 12.7. The summed E-state index contributed by atoms with van der Waals surface area (Å²) in [4.78, 5) is 0. The molecule has 0 bridgehead atoms. The molecule has 0 aliphatic carbocycles. The number of nitrogens with one attached hydrogen (secondary N) is 1. The van der Waals surface area contributed by atoms with Gasteiger partial charge in [0.05, 0.1) is 14.2 Å². The molecule has 0 radical (unpaired) electrons.